The van der Waals surface area contributed by atoms with Gasteiger partial charge in [0.1, 0.15) is 6.10 Å². The van der Waals surface area contributed by atoms with E-state index < -0.39 is 0 Å². The molecule has 3 fully saturated rings. The zero-order valence-corrected chi connectivity index (χ0v) is 21.0. The van der Waals surface area contributed by atoms with Gasteiger partial charge in [0, 0.05) is 82.4 Å². The van der Waals surface area contributed by atoms with Gasteiger partial charge in [0.25, 0.3) is 0 Å². The van der Waals surface area contributed by atoms with Crippen LogP contribution in [0, 0.1) is 43.2 Å². The van der Waals surface area contributed by atoms with E-state index >= 15 is 0 Å². The summed E-state index contributed by atoms with van der Waals surface area (Å²) in [5.74, 6) is 0. The van der Waals surface area contributed by atoms with Crippen molar-refractivity contribution < 1.29 is 63.9 Å². The minimum absolute atomic E-state index is 0. The van der Waals surface area contributed by atoms with Crippen LogP contribution in [0.2, 0.25) is 0 Å². The fraction of sp³-hybridized carbons (Fsp3) is 0.562. The molecular formula is C16H21N4O3PUV-2. The van der Waals surface area contributed by atoms with Gasteiger partial charge in [0.2, 0.25) is 0 Å². The van der Waals surface area contributed by atoms with Crippen molar-refractivity contribution in [2.75, 3.05) is 49.1 Å². The van der Waals surface area contributed by atoms with Crippen molar-refractivity contribution in [2.24, 2.45) is 5.73 Å². The topological polar surface area (TPSA) is 71.3 Å². The van der Waals surface area contributed by atoms with Gasteiger partial charge in [-0.15, -0.1) is 0 Å². The van der Waals surface area contributed by atoms with Gasteiger partial charge < -0.3 is 37.1 Å². The number of carbonyl (C=O) groups is 1. The minimum Gasteiger partial charge on any atom is -0.444 e. The molecule has 26 heavy (non-hydrogen) atoms. The van der Waals surface area contributed by atoms with Crippen LogP contribution in [0.3, 0.4) is 0 Å². The number of amides is 1. The maximum Gasteiger partial charge on any atom is 0.393 e. The number of ether oxygens (including phenoxy) is 2. The Hall–Kier alpha value is 0.236. The Labute approximate surface area is 191 Å². The Kier molecular flexibility index (Phi) is 8.34. The van der Waals surface area contributed by atoms with Crippen LogP contribution >= 0.6 is 9.39 Å². The summed E-state index contributed by atoms with van der Waals surface area (Å²) in [6, 6.07) is 10.5. The van der Waals surface area contributed by atoms with Crippen LogP contribution in [-0.2, 0) is 28.0 Å². The van der Waals surface area contributed by atoms with E-state index in [1.807, 2.05) is 12.1 Å². The first-order valence-electron chi connectivity index (χ1n) is 8.15. The number of hydrogen-bond acceptors (Lipinski definition) is 6. The summed E-state index contributed by atoms with van der Waals surface area (Å²) in [6.45, 7) is 4.23. The van der Waals surface area contributed by atoms with Crippen molar-refractivity contribution in [1.82, 2.24) is 4.67 Å². The maximum atomic E-state index is 11.9. The zero-order chi connectivity index (χ0) is 16.7. The van der Waals surface area contributed by atoms with Crippen LogP contribution < -0.4 is 15.5 Å². The molecule has 2 N–H and O–H groups in total. The van der Waals surface area contributed by atoms with Gasteiger partial charge in [-0.05, 0) is 0 Å². The van der Waals surface area contributed by atoms with Crippen LogP contribution in [0.4, 0.5) is 16.2 Å². The van der Waals surface area contributed by atoms with E-state index in [-0.39, 0.29) is 68.0 Å². The second kappa shape index (κ2) is 9.63. The molecule has 139 valence electrons. The van der Waals surface area contributed by atoms with E-state index in [1.54, 1.807) is 4.90 Å². The smallest absolute Gasteiger partial charge is 0.393 e. The number of carbonyl (C=O) groups excluding carboxylic acids is 1. The molecule has 0 saturated carbocycles. The van der Waals surface area contributed by atoms with Crippen LogP contribution in [0.25, 0.3) is 0 Å². The standard InChI is InChI=1S/C16H21N4O3P.U.V/c17-7-13-8-19(16(21)23-13)12-3-1-11(2-4-12)18-9-14-15(10-18)22-6-5-20(14)24;;/h3-4,13-15H,5-10,17,24H2;;/q-2;;. The molecule has 7 nitrogen and oxygen atoms in total. The fourth-order valence-electron chi connectivity index (χ4n) is 3.46. The molecule has 1 aromatic rings. The first-order valence-corrected chi connectivity index (χ1v) is 8.67. The number of fused-ring (bicyclic) bond motifs is 1. The molecule has 0 spiro atoms. The molecule has 4 atom stereocenters. The second-order valence-electron chi connectivity index (χ2n) is 6.32. The molecule has 1 radical (unpaired) electrons. The van der Waals surface area contributed by atoms with Gasteiger partial charge in [-0.3, -0.25) is 16.8 Å². The Morgan fingerprint density at radius 2 is 2.00 bits per heavy atom. The predicted octanol–water partition coefficient (Wildman–Crippen LogP) is 0.248. The van der Waals surface area contributed by atoms with Gasteiger partial charge in [-0.1, -0.05) is 9.39 Å². The molecule has 1 amide bonds. The average molecular weight is 637 g/mol. The largest absolute Gasteiger partial charge is 0.444 e. The second-order valence-corrected chi connectivity index (χ2v) is 6.99. The monoisotopic (exact) mass is 637 g/mol. The van der Waals surface area contributed by atoms with E-state index in [0.29, 0.717) is 19.1 Å². The summed E-state index contributed by atoms with van der Waals surface area (Å²) >= 11 is 0. The Balaban J connectivity index is 0.00000121. The summed E-state index contributed by atoms with van der Waals surface area (Å²) in [5, 5.41) is 0. The number of nitrogens with two attached hydrogens (primary N) is 1. The van der Waals surface area contributed by atoms with Crippen molar-refractivity contribution in [3.8, 4) is 0 Å². The Morgan fingerprint density at radius 3 is 2.62 bits per heavy atom. The molecule has 0 bridgehead atoms. The molecule has 3 saturated heterocycles. The molecule has 1 aromatic carbocycles. The van der Waals surface area contributed by atoms with Gasteiger partial charge in [0.15, 0.2) is 0 Å². The third kappa shape index (κ3) is 4.45. The summed E-state index contributed by atoms with van der Waals surface area (Å²) < 4.78 is 13.3. The third-order valence-electron chi connectivity index (χ3n) is 4.82. The number of benzene rings is 1. The predicted molar refractivity (Wildman–Crippen MR) is 92.9 cm³/mol. The van der Waals surface area contributed by atoms with Crippen LogP contribution in [0.15, 0.2) is 12.1 Å². The van der Waals surface area contributed by atoms with Crippen molar-refractivity contribution in [2.45, 2.75) is 18.2 Å². The number of morpholine rings is 1. The molecule has 0 aliphatic carbocycles. The number of hydrogen-bond donors (Lipinski definition) is 1. The molecule has 3 heterocycles. The van der Waals surface area contributed by atoms with Crippen molar-refractivity contribution in [3.05, 3.63) is 24.3 Å². The van der Waals surface area contributed by atoms with Gasteiger partial charge in [-0.2, -0.15) is 5.69 Å². The summed E-state index contributed by atoms with van der Waals surface area (Å²) in [4.78, 5) is 15.7. The molecule has 10 heteroatoms. The van der Waals surface area contributed by atoms with Gasteiger partial charge >= 0.3 is 6.09 Å². The third-order valence-corrected chi connectivity index (χ3v) is 5.46. The number of rotatable bonds is 3. The summed E-state index contributed by atoms with van der Waals surface area (Å²) in [6.07, 6.45) is -0.389. The summed E-state index contributed by atoms with van der Waals surface area (Å²) in [5.41, 5.74) is 7.21. The van der Waals surface area contributed by atoms with E-state index in [0.717, 1.165) is 37.6 Å². The van der Waals surface area contributed by atoms with E-state index in [4.69, 9.17) is 15.2 Å². The molecular weight excluding hydrogens is 616 g/mol. The minimum atomic E-state index is -0.362. The van der Waals surface area contributed by atoms with E-state index in [1.165, 1.54) is 0 Å². The van der Waals surface area contributed by atoms with Crippen LogP contribution in [-0.4, -0.2) is 68.3 Å². The van der Waals surface area contributed by atoms with Gasteiger partial charge in [-0.25, -0.2) is 10.5 Å². The van der Waals surface area contributed by atoms with Gasteiger partial charge in [0.05, 0.1) is 18.8 Å². The fourth-order valence-corrected chi connectivity index (χ4v) is 3.85. The van der Waals surface area contributed by atoms with Crippen molar-refractivity contribution >= 4 is 26.9 Å². The Morgan fingerprint density at radius 1 is 1.27 bits per heavy atom. The zero-order valence-electron chi connectivity index (χ0n) is 14.3. The number of cyclic esters (lactones) is 1. The quantitative estimate of drug-likeness (QED) is 0.379. The first kappa shape index (κ1) is 22.5. The molecule has 3 aliphatic heterocycles. The molecule has 4 unspecified atom stereocenters. The van der Waals surface area contributed by atoms with E-state index in [9.17, 15) is 4.79 Å². The number of anilines is 2. The Bertz CT molecular complexity index is 626. The normalized spacial score (nSPS) is 28.2. The van der Waals surface area contributed by atoms with Crippen molar-refractivity contribution in [3.63, 3.8) is 0 Å². The van der Waals surface area contributed by atoms with Crippen LogP contribution in [0.1, 0.15) is 0 Å². The van der Waals surface area contributed by atoms with Crippen LogP contribution in [0.5, 0.6) is 0 Å². The molecule has 0 aromatic heterocycles. The average Bonchev–Trinajstić information content (AvgIpc) is 3.19. The molecule has 3 aliphatic rings. The summed E-state index contributed by atoms with van der Waals surface area (Å²) in [7, 11) is 2.80. The van der Waals surface area contributed by atoms with Crippen molar-refractivity contribution in [1.29, 1.82) is 0 Å². The van der Waals surface area contributed by atoms with E-state index in [2.05, 4.69) is 31.1 Å². The molecule has 4 rings (SSSR count). The maximum absolute atomic E-state index is 11.9. The first-order chi connectivity index (χ1) is 11.7. The number of nitrogens with zero attached hydrogens (tertiary/aromatic N) is 3. The SMILES string of the molecule is NCC1CN(c2c[c-]c(N3CC4OCCN(P)C4C3)[c-]c2)C(=O)O1.[U].[V].